The first-order chi connectivity index (χ1) is 35.2. The summed E-state index contributed by atoms with van der Waals surface area (Å²) in [5, 5.41) is 62.5. The second-order valence-corrected chi connectivity index (χ2v) is 18.1. The van der Waals surface area contributed by atoms with E-state index in [1.807, 2.05) is 60.7 Å². The number of carbonyl (C=O) groups is 5. The molecule has 2 aromatic rings. The maximum Gasteiger partial charge on any atom is 0.308 e. The Bertz CT molecular complexity index is 2840. The monoisotopic (exact) mass is 1020 g/mol. The fourth-order valence-electron chi connectivity index (χ4n) is 9.24. The molecule has 390 valence electrons. The summed E-state index contributed by atoms with van der Waals surface area (Å²) in [5.41, 5.74) is 8.05. The van der Waals surface area contributed by atoms with Gasteiger partial charge in [-0.15, -0.1) is 0 Å². The molecule has 2 aromatic carbocycles. The molecular formula is C56H58O18. The van der Waals surface area contributed by atoms with Gasteiger partial charge in [0.15, 0.2) is 12.2 Å². The number of hydrogen-bond donors (Lipinski definition) is 6. The zero-order valence-electron chi connectivity index (χ0n) is 41.2. The van der Waals surface area contributed by atoms with E-state index in [9.17, 15) is 54.6 Å². The van der Waals surface area contributed by atoms with Crippen LogP contribution in [0.15, 0.2) is 121 Å². The van der Waals surface area contributed by atoms with Gasteiger partial charge in [0.25, 0.3) is 0 Å². The molecule has 4 aliphatic carbocycles. The zero-order chi connectivity index (χ0) is 53.4. The fraction of sp³-hybridized carbons (Fsp3) is 0.339. The Morgan fingerprint density at radius 2 is 1.07 bits per heavy atom. The van der Waals surface area contributed by atoms with Crippen LogP contribution in [-0.4, -0.2) is 123 Å². The largest absolute Gasteiger partial charge is 0.508 e. The van der Waals surface area contributed by atoms with E-state index in [2.05, 4.69) is 24.3 Å². The summed E-state index contributed by atoms with van der Waals surface area (Å²) in [4.78, 5) is 60.6. The van der Waals surface area contributed by atoms with E-state index in [1.54, 1.807) is 18.2 Å². The molecule has 74 heavy (non-hydrogen) atoms. The van der Waals surface area contributed by atoms with Crippen LogP contribution in [0.5, 0.6) is 11.5 Å². The first-order valence-corrected chi connectivity index (χ1v) is 23.7. The van der Waals surface area contributed by atoms with Gasteiger partial charge in [-0.2, -0.15) is 0 Å². The number of benzene rings is 2. The lowest BCUT2D eigenvalue weighted by Gasteiger charge is -2.48. The Morgan fingerprint density at radius 3 is 1.57 bits per heavy atom. The number of aromatic hydroxyl groups is 1. The smallest absolute Gasteiger partial charge is 0.308 e. The van der Waals surface area contributed by atoms with Crippen LogP contribution >= 0.6 is 0 Å². The van der Waals surface area contributed by atoms with E-state index in [0.717, 1.165) is 73.6 Å². The van der Waals surface area contributed by atoms with Gasteiger partial charge in [0.05, 0.1) is 12.2 Å². The average Bonchev–Trinajstić information content (AvgIpc) is 3.73. The van der Waals surface area contributed by atoms with Gasteiger partial charge < -0.3 is 63.8 Å². The molecule has 0 spiro atoms. The maximum absolute atomic E-state index is 12.4. The summed E-state index contributed by atoms with van der Waals surface area (Å²) < 4.78 is 38.6. The molecule has 0 bridgehead atoms. The zero-order valence-corrected chi connectivity index (χ0v) is 41.2. The summed E-state index contributed by atoms with van der Waals surface area (Å²) >= 11 is 0. The minimum atomic E-state index is -2.68. The normalized spacial score (nSPS) is 24.4. The number of hydrogen-bond acceptors (Lipinski definition) is 18. The van der Waals surface area contributed by atoms with Crippen LogP contribution in [-0.2, 0) is 71.0 Å². The third-order valence-corrected chi connectivity index (χ3v) is 12.4. The molecule has 0 amide bonds. The number of aliphatic hydroxyl groups is 5. The van der Waals surface area contributed by atoms with Gasteiger partial charge in [-0.25, -0.2) is 0 Å². The summed E-state index contributed by atoms with van der Waals surface area (Å²) in [7, 11) is 0. The van der Waals surface area contributed by atoms with Gasteiger partial charge in [-0.05, 0) is 81.6 Å². The molecule has 0 radical (unpaired) electrons. The molecule has 2 saturated heterocycles. The highest BCUT2D eigenvalue weighted by atomic mass is 16.7. The first-order valence-electron chi connectivity index (χ1n) is 23.7. The summed E-state index contributed by atoms with van der Waals surface area (Å²) in [6, 6.07) is 37.7. The SMILES string of the molecule is CC(=O)OC[C@H]1O[C@@](O)(c2cc(Cc3cc4cccccc-4c3)ccc2OC(C)=O)[C@H](OC(C)=O)[C@@H](OC(C)=O)[C@@H]1OC(C)=O.OC[C@H]1O[C@@H](c2cc(Cc3cc4cccccc-4c3)ccc2O)[C@H](O)[C@@H](O)[C@@H]1O. The van der Waals surface area contributed by atoms with Gasteiger partial charge in [-0.1, -0.05) is 97.1 Å². The number of fused-ring (bicyclic) bond motifs is 2. The molecule has 2 fully saturated rings. The third-order valence-electron chi connectivity index (χ3n) is 12.4. The second-order valence-electron chi connectivity index (χ2n) is 18.1. The highest BCUT2D eigenvalue weighted by molar-refractivity contribution is 5.72. The van der Waals surface area contributed by atoms with Gasteiger partial charge in [-0.3, -0.25) is 24.0 Å². The van der Waals surface area contributed by atoms with Crippen molar-refractivity contribution in [3.63, 3.8) is 0 Å². The van der Waals surface area contributed by atoms with E-state index >= 15 is 0 Å². The summed E-state index contributed by atoms with van der Waals surface area (Å²) in [5.74, 6) is -6.95. The van der Waals surface area contributed by atoms with Crippen molar-refractivity contribution in [3.8, 4) is 33.8 Å². The second kappa shape index (κ2) is 23.7. The minimum Gasteiger partial charge on any atom is -0.508 e. The van der Waals surface area contributed by atoms with Crippen LogP contribution in [0.25, 0.3) is 22.3 Å². The van der Waals surface area contributed by atoms with Crippen molar-refractivity contribution in [1.82, 2.24) is 0 Å². The quantitative estimate of drug-likeness (QED) is 0.0515. The number of rotatable bonds is 13. The lowest BCUT2D eigenvalue weighted by molar-refractivity contribution is -0.360. The number of aliphatic hydroxyl groups excluding tert-OH is 4. The molecule has 8 rings (SSSR count). The lowest BCUT2D eigenvalue weighted by atomic mass is 9.86. The Morgan fingerprint density at radius 1 is 0.554 bits per heavy atom. The fourth-order valence-corrected chi connectivity index (χ4v) is 9.24. The van der Waals surface area contributed by atoms with Crippen molar-refractivity contribution >= 4 is 29.8 Å². The van der Waals surface area contributed by atoms with E-state index in [4.69, 9.17) is 33.2 Å². The van der Waals surface area contributed by atoms with Gasteiger partial charge >= 0.3 is 29.8 Å². The molecule has 6 N–H and O–H groups in total. The topological polar surface area (TPSA) is 271 Å². The molecule has 2 aliphatic heterocycles. The van der Waals surface area contributed by atoms with Crippen molar-refractivity contribution in [2.75, 3.05) is 13.2 Å². The Labute approximate surface area is 426 Å². The predicted octanol–water partition coefficient (Wildman–Crippen LogP) is 4.81. The molecule has 18 heteroatoms. The van der Waals surface area contributed by atoms with E-state index in [1.165, 1.54) is 18.2 Å². The van der Waals surface area contributed by atoms with Gasteiger partial charge in [0.1, 0.15) is 54.7 Å². The van der Waals surface area contributed by atoms with Crippen molar-refractivity contribution in [3.05, 3.63) is 155 Å². The van der Waals surface area contributed by atoms with Crippen molar-refractivity contribution in [2.24, 2.45) is 0 Å². The van der Waals surface area contributed by atoms with Crippen LogP contribution in [0.1, 0.15) is 74.1 Å². The number of phenols is 1. The van der Waals surface area contributed by atoms with Crippen LogP contribution in [0, 0.1) is 0 Å². The Kier molecular flexibility index (Phi) is 17.5. The maximum atomic E-state index is 12.4. The molecule has 0 aromatic heterocycles. The average molecular weight is 1020 g/mol. The molecule has 2 heterocycles. The van der Waals surface area contributed by atoms with Crippen molar-refractivity contribution < 1.29 is 87.8 Å². The van der Waals surface area contributed by atoms with Gasteiger partial charge in [0.2, 0.25) is 11.9 Å². The molecule has 10 atom stereocenters. The number of ether oxygens (including phenoxy) is 7. The Balaban J connectivity index is 0.000000237. The minimum absolute atomic E-state index is 0.0854. The van der Waals surface area contributed by atoms with E-state index in [0.29, 0.717) is 24.0 Å². The molecule has 0 unspecified atom stereocenters. The van der Waals surface area contributed by atoms with E-state index < -0.39 is 104 Å². The summed E-state index contributed by atoms with van der Waals surface area (Å²) in [6.45, 7) is 4.44. The lowest BCUT2D eigenvalue weighted by Crippen LogP contribution is -2.66. The van der Waals surface area contributed by atoms with Crippen molar-refractivity contribution in [1.29, 1.82) is 0 Å². The third kappa shape index (κ3) is 12.9. The molecule has 6 aliphatic rings. The number of carbonyl (C=O) groups excluding carboxylic acids is 5. The van der Waals surface area contributed by atoms with E-state index in [-0.39, 0.29) is 17.1 Å². The summed E-state index contributed by atoms with van der Waals surface area (Å²) in [6.07, 6.45) is -11.9. The highest BCUT2D eigenvalue weighted by Crippen LogP contribution is 2.45. The van der Waals surface area contributed by atoms with Crippen LogP contribution < -0.4 is 4.74 Å². The van der Waals surface area contributed by atoms with Crippen LogP contribution in [0.4, 0.5) is 0 Å². The number of phenolic OH excluding ortho intramolecular Hbond substituents is 1. The number of esters is 5. The Hall–Kier alpha value is -7.29. The van der Waals surface area contributed by atoms with Crippen LogP contribution in [0.2, 0.25) is 0 Å². The highest BCUT2D eigenvalue weighted by Gasteiger charge is 2.61. The standard InChI is InChI=1S/C33H34O12.C23H24O6/c1-18(34)40-17-29-30(42-20(3)36)31(43-21(4)37)32(44-22(5)38)33(39,45-29)27-16-23(11-12-28(27)41-19(2)35)13-24-14-25-9-7-6-8-10-26(25)15-24;24-12-19-20(26)21(27)22(28)23(29-19)17-11-13(6-7-18(17)25)8-14-9-15-4-2-1-3-5-16(15)10-14/h6-12,14-16,29-32,39H,13,17H2,1-5H3;1-7,9-11,19-28H,8,12H2/t29-,30-,31+,32-,33+;19-,20-,21+,22-,23+/m11/s1. The molecule has 0 saturated carbocycles. The van der Waals surface area contributed by atoms with Crippen LogP contribution in [0.3, 0.4) is 0 Å². The van der Waals surface area contributed by atoms with Crippen molar-refractivity contribution in [2.45, 2.75) is 108 Å². The molecule has 18 nitrogen and oxygen atoms in total. The van der Waals surface area contributed by atoms with Gasteiger partial charge in [0, 0.05) is 40.2 Å². The molecular weight excluding hydrogens is 961 g/mol. The first kappa shape index (κ1) is 54.5. The predicted molar refractivity (Wildman–Crippen MR) is 262 cm³/mol.